The van der Waals surface area contributed by atoms with Crippen molar-refractivity contribution in [2.45, 2.75) is 6.42 Å². The summed E-state index contributed by atoms with van der Waals surface area (Å²) in [4.78, 5) is 0. The second kappa shape index (κ2) is 6.21. The third-order valence-electron chi connectivity index (χ3n) is 4.47. The third-order valence-corrected chi connectivity index (χ3v) is 4.47. The Labute approximate surface area is 142 Å². The Hall–Kier alpha value is -3.06. The first-order valence-corrected chi connectivity index (χ1v) is 8.16. The van der Waals surface area contributed by atoms with Crippen molar-refractivity contribution in [2.75, 3.05) is 0 Å². The minimum atomic E-state index is 0.338. The quantitative estimate of drug-likeness (QED) is 0.649. The molecule has 0 fully saturated rings. The lowest BCUT2D eigenvalue weighted by Crippen LogP contribution is -1.87. The summed E-state index contributed by atoms with van der Waals surface area (Å²) >= 11 is 0. The van der Waals surface area contributed by atoms with Crippen LogP contribution >= 0.6 is 0 Å². The average molecular weight is 310 g/mol. The van der Waals surface area contributed by atoms with Crippen LogP contribution in [0.25, 0.3) is 16.7 Å². The minimum absolute atomic E-state index is 0.338. The van der Waals surface area contributed by atoms with E-state index in [0.717, 1.165) is 17.6 Å². The summed E-state index contributed by atoms with van der Waals surface area (Å²) in [5.41, 5.74) is 7.06. The Kier molecular flexibility index (Phi) is 3.76. The van der Waals surface area contributed by atoms with Crippen molar-refractivity contribution in [3.8, 4) is 5.75 Å². The van der Waals surface area contributed by atoms with Crippen LogP contribution in [0.5, 0.6) is 5.75 Å². The minimum Gasteiger partial charge on any atom is -0.507 e. The van der Waals surface area contributed by atoms with Gasteiger partial charge < -0.3 is 5.11 Å². The summed E-state index contributed by atoms with van der Waals surface area (Å²) in [5, 5.41) is 10.2. The van der Waals surface area contributed by atoms with Gasteiger partial charge in [-0.3, -0.25) is 0 Å². The van der Waals surface area contributed by atoms with Crippen LogP contribution in [0.1, 0.15) is 23.1 Å². The zero-order chi connectivity index (χ0) is 16.4. The highest BCUT2D eigenvalue weighted by atomic mass is 16.3. The summed E-state index contributed by atoms with van der Waals surface area (Å²) < 4.78 is 0. The van der Waals surface area contributed by atoms with Gasteiger partial charge in [0.1, 0.15) is 5.75 Å². The fourth-order valence-electron chi connectivity index (χ4n) is 3.29. The first kappa shape index (κ1) is 14.5. The predicted molar refractivity (Wildman–Crippen MR) is 100 cm³/mol. The van der Waals surface area contributed by atoms with Crippen LogP contribution < -0.4 is 0 Å². The molecule has 1 aliphatic rings. The van der Waals surface area contributed by atoms with E-state index in [2.05, 4.69) is 54.6 Å². The van der Waals surface area contributed by atoms with Gasteiger partial charge in [0, 0.05) is 5.56 Å². The molecule has 0 amide bonds. The normalized spacial score (nSPS) is 13.9. The number of para-hydroxylation sites is 1. The molecule has 0 atom stereocenters. The van der Waals surface area contributed by atoms with Crippen molar-refractivity contribution < 1.29 is 5.11 Å². The van der Waals surface area contributed by atoms with Gasteiger partial charge in [-0.05, 0) is 46.4 Å². The second-order valence-electron chi connectivity index (χ2n) is 5.99. The fourth-order valence-corrected chi connectivity index (χ4v) is 3.29. The smallest absolute Gasteiger partial charge is 0.123 e. The molecule has 1 aliphatic carbocycles. The summed E-state index contributed by atoms with van der Waals surface area (Å²) in [6.07, 6.45) is 3.04. The Bertz CT molecular complexity index is 919. The summed E-state index contributed by atoms with van der Waals surface area (Å²) in [7, 11) is 0. The maximum Gasteiger partial charge on any atom is 0.123 e. The zero-order valence-electron chi connectivity index (χ0n) is 13.3. The molecule has 3 aromatic rings. The maximum absolute atomic E-state index is 10.2. The second-order valence-corrected chi connectivity index (χ2v) is 5.99. The zero-order valence-corrected chi connectivity index (χ0v) is 13.3. The summed E-state index contributed by atoms with van der Waals surface area (Å²) in [6, 6.07) is 28.5. The highest BCUT2D eigenvalue weighted by molar-refractivity contribution is 6.07. The largest absolute Gasteiger partial charge is 0.507 e. The van der Waals surface area contributed by atoms with Gasteiger partial charge in [-0.15, -0.1) is 0 Å². The van der Waals surface area contributed by atoms with Gasteiger partial charge in [0.05, 0.1) is 0 Å². The molecule has 0 aromatic heterocycles. The van der Waals surface area contributed by atoms with E-state index < -0.39 is 0 Å². The number of aromatic hydroxyl groups is 1. The van der Waals surface area contributed by atoms with E-state index in [9.17, 15) is 5.11 Å². The lowest BCUT2D eigenvalue weighted by Gasteiger charge is -2.09. The average Bonchev–Trinajstić information content (AvgIpc) is 3.09. The summed E-state index contributed by atoms with van der Waals surface area (Å²) in [6.45, 7) is 0. The third kappa shape index (κ3) is 2.65. The van der Waals surface area contributed by atoms with E-state index >= 15 is 0 Å². The standard InChI is InChI=1S/C23H18O/c24-23-14-8-7-13-20(23)19-15-21(17-9-3-1-4-10-17)22(16-19)18-11-5-2-6-12-18/h1-15,24H,16H2. The van der Waals surface area contributed by atoms with Crippen molar-refractivity contribution in [3.63, 3.8) is 0 Å². The van der Waals surface area contributed by atoms with E-state index in [1.807, 2.05) is 30.3 Å². The monoisotopic (exact) mass is 310 g/mol. The molecule has 1 heteroatoms. The number of rotatable bonds is 3. The van der Waals surface area contributed by atoms with Gasteiger partial charge in [0.2, 0.25) is 0 Å². The maximum atomic E-state index is 10.2. The Balaban J connectivity index is 1.84. The first-order valence-electron chi connectivity index (χ1n) is 8.16. The number of phenolic OH excluding ortho intramolecular Hbond substituents is 1. The molecular weight excluding hydrogens is 292 g/mol. The Morgan fingerprint density at radius 1 is 0.625 bits per heavy atom. The topological polar surface area (TPSA) is 20.2 Å². The molecule has 3 aromatic carbocycles. The molecule has 116 valence electrons. The SMILES string of the molecule is Oc1ccccc1C1=CC(c2ccccc2)=C(c2ccccc2)C1. The molecule has 24 heavy (non-hydrogen) atoms. The van der Waals surface area contributed by atoms with Crippen molar-refractivity contribution in [2.24, 2.45) is 0 Å². The van der Waals surface area contributed by atoms with E-state index in [4.69, 9.17) is 0 Å². The molecule has 0 saturated carbocycles. The Morgan fingerprint density at radius 2 is 1.21 bits per heavy atom. The molecule has 1 nitrogen and oxygen atoms in total. The van der Waals surface area contributed by atoms with E-state index in [0.29, 0.717) is 5.75 Å². The lowest BCUT2D eigenvalue weighted by atomic mass is 9.95. The van der Waals surface area contributed by atoms with Gasteiger partial charge in [-0.2, -0.15) is 0 Å². The van der Waals surface area contributed by atoms with Crippen molar-refractivity contribution in [3.05, 3.63) is 108 Å². The molecular formula is C23H18O. The molecule has 0 radical (unpaired) electrons. The molecule has 0 spiro atoms. The molecule has 0 saturated heterocycles. The molecule has 1 N–H and O–H groups in total. The number of hydrogen-bond acceptors (Lipinski definition) is 1. The summed E-state index contributed by atoms with van der Waals surface area (Å²) in [5.74, 6) is 0.338. The van der Waals surface area contributed by atoms with Crippen LogP contribution in [0.15, 0.2) is 91.0 Å². The molecule has 0 heterocycles. The van der Waals surface area contributed by atoms with E-state index in [1.165, 1.54) is 22.3 Å². The van der Waals surface area contributed by atoms with Gasteiger partial charge in [-0.1, -0.05) is 78.9 Å². The molecule has 0 aliphatic heterocycles. The van der Waals surface area contributed by atoms with Gasteiger partial charge in [0.15, 0.2) is 0 Å². The molecule has 4 rings (SSSR count). The van der Waals surface area contributed by atoms with Crippen LogP contribution in [0.3, 0.4) is 0 Å². The van der Waals surface area contributed by atoms with Crippen LogP contribution in [0, 0.1) is 0 Å². The number of phenols is 1. The van der Waals surface area contributed by atoms with Crippen LogP contribution in [0.4, 0.5) is 0 Å². The number of benzene rings is 3. The van der Waals surface area contributed by atoms with Crippen LogP contribution in [-0.2, 0) is 0 Å². The van der Waals surface area contributed by atoms with Gasteiger partial charge in [-0.25, -0.2) is 0 Å². The number of allylic oxidation sites excluding steroid dienone is 4. The van der Waals surface area contributed by atoms with Crippen molar-refractivity contribution in [1.29, 1.82) is 0 Å². The van der Waals surface area contributed by atoms with Crippen molar-refractivity contribution >= 4 is 16.7 Å². The number of hydrogen-bond donors (Lipinski definition) is 1. The predicted octanol–water partition coefficient (Wildman–Crippen LogP) is 5.79. The molecule has 0 bridgehead atoms. The lowest BCUT2D eigenvalue weighted by molar-refractivity contribution is 0.473. The van der Waals surface area contributed by atoms with Gasteiger partial charge >= 0.3 is 0 Å². The van der Waals surface area contributed by atoms with E-state index in [-0.39, 0.29) is 0 Å². The van der Waals surface area contributed by atoms with Crippen LogP contribution in [0.2, 0.25) is 0 Å². The van der Waals surface area contributed by atoms with Crippen LogP contribution in [-0.4, -0.2) is 5.11 Å². The highest BCUT2D eigenvalue weighted by Crippen LogP contribution is 2.44. The fraction of sp³-hybridized carbons (Fsp3) is 0.0435. The first-order chi connectivity index (χ1) is 11.8. The van der Waals surface area contributed by atoms with Crippen molar-refractivity contribution in [1.82, 2.24) is 0 Å². The van der Waals surface area contributed by atoms with Gasteiger partial charge in [0.25, 0.3) is 0 Å². The molecule has 0 unspecified atom stereocenters. The van der Waals surface area contributed by atoms with E-state index in [1.54, 1.807) is 6.07 Å². The highest BCUT2D eigenvalue weighted by Gasteiger charge is 2.21. The Morgan fingerprint density at radius 3 is 1.88 bits per heavy atom.